The molecule has 0 saturated carbocycles. The minimum absolute atomic E-state index is 0.357. The zero-order valence-corrected chi connectivity index (χ0v) is 17.2. The van der Waals surface area contributed by atoms with E-state index in [4.69, 9.17) is 0 Å². The molecule has 0 aliphatic heterocycles. The highest BCUT2D eigenvalue weighted by molar-refractivity contribution is 7.98. The molecule has 7 heteroatoms. The Morgan fingerprint density at radius 1 is 1.20 bits per heavy atom. The van der Waals surface area contributed by atoms with E-state index in [0.29, 0.717) is 29.1 Å². The molecule has 0 bridgehead atoms. The normalized spacial score (nSPS) is 11.2. The molecule has 2 aromatic carbocycles. The Morgan fingerprint density at radius 3 is 2.67 bits per heavy atom. The number of carbonyl (C=O) groups is 2. The van der Waals surface area contributed by atoms with Crippen LogP contribution in [0, 0.1) is 11.8 Å². The summed E-state index contributed by atoms with van der Waals surface area (Å²) in [6.07, 6.45) is 5.58. The van der Waals surface area contributed by atoms with E-state index in [0.717, 1.165) is 11.1 Å². The lowest BCUT2D eigenvalue weighted by Crippen LogP contribution is -2.41. The number of aromatic amines is 1. The number of nitrogens with zero attached hydrogens (tertiary/aromatic N) is 1. The van der Waals surface area contributed by atoms with Crippen LogP contribution >= 0.6 is 11.8 Å². The Kier molecular flexibility index (Phi) is 7.30. The molecule has 3 rings (SSSR count). The molecule has 0 unspecified atom stereocenters. The Morgan fingerprint density at radius 2 is 2.00 bits per heavy atom. The van der Waals surface area contributed by atoms with Gasteiger partial charge in [0.1, 0.15) is 6.04 Å². The SMILES string of the molecule is CSCC[C@H](NC(=O)c1ccc(C#Cc2ncc[nH]2)cc1-c1ccccc1)C(=O)O. The van der Waals surface area contributed by atoms with Crippen LogP contribution in [0.25, 0.3) is 11.1 Å². The molecule has 1 atom stereocenters. The van der Waals surface area contributed by atoms with Crippen molar-refractivity contribution in [2.24, 2.45) is 0 Å². The summed E-state index contributed by atoms with van der Waals surface area (Å²) in [6, 6.07) is 13.8. The maximum Gasteiger partial charge on any atom is 0.326 e. The Hall–Kier alpha value is -3.50. The number of carbonyl (C=O) groups excluding carboxylic acids is 1. The van der Waals surface area contributed by atoms with Crippen molar-refractivity contribution in [1.82, 2.24) is 15.3 Å². The average Bonchev–Trinajstić information content (AvgIpc) is 3.29. The summed E-state index contributed by atoms with van der Waals surface area (Å²) in [4.78, 5) is 31.5. The van der Waals surface area contributed by atoms with Crippen molar-refractivity contribution in [3.63, 3.8) is 0 Å². The topological polar surface area (TPSA) is 95.1 Å². The molecule has 0 aliphatic rings. The number of thioether (sulfide) groups is 1. The first-order valence-corrected chi connectivity index (χ1v) is 10.7. The molecular weight excluding hydrogens is 398 g/mol. The molecule has 6 nitrogen and oxygen atoms in total. The lowest BCUT2D eigenvalue weighted by molar-refractivity contribution is -0.139. The molecule has 0 fully saturated rings. The van der Waals surface area contributed by atoms with E-state index in [1.165, 1.54) is 11.8 Å². The molecule has 30 heavy (non-hydrogen) atoms. The third-order valence-corrected chi connectivity index (χ3v) is 5.03. The summed E-state index contributed by atoms with van der Waals surface area (Å²) in [5.74, 6) is 5.71. The van der Waals surface area contributed by atoms with Crippen molar-refractivity contribution in [1.29, 1.82) is 0 Å². The van der Waals surface area contributed by atoms with Gasteiger partial charge >= 0.3 is 5.97 Å². The van der Waals surface area contributed by atoms with Gasteiger partial charge in [-0.05, 0) is 53.7 Å². The number of aromatic nitrogens is 2. The van der Waals surface area contributed by atoms with Crippen LogP contribution in [0.5, 0.6) is 0 Å². The highest BCUT2D eigenvalue weighted by Gasteiger charge is 2.22. The molecule has 0 saturated heterocycles. The van der Waals surface area contributed by atoms with Gasteiger partial charge in [0.2, 0.25) is 0 Å². The smallest absolute Gasteiger partial charge is 0.326 e. The third kappa shape index (κ3) is 5.52. The van der Waals surface area contributed by atoms with Crippen LogP contribution in [-0.2, 0) is 4.79 Å². The van der Waals surface area contributed by atoms with Crippen LogP contribution in [0.4, 0.5) is 0 Å². The van der Waals surface area contributed by atoms with E-state index in [1.807, 2.05) is 42.7 Å². The monoisotopic (exact) mass is 419 g/mol. The van der Waals surface area contributed by atoms with Crippen molar-refractivity contribution in [2.45, 2.75) is 12.5 Å². The summed E-state index contributed by atoms with van der Waals surface area (Å²) < 4.78 is 0. The summed E-state index contributed by atoms with van der Waals surface area (Å²) >= 11 is 1.54. The number of hydrogen-bond donors (Lipinski definition) is 3. The standard InChI is InChI=1S/C23H21N3O3S/c1-30-14-11-20(23(28)29)26-22(27)18-9-7-16(8-10-21-24-12-13-25-21)15-19(18)17-5-3-2-4-6-17/h2-7,9,12-13,15,20H,11,14H2,1H3,(H,24,25)(H,26,27)(H,28,29)/t20-/m0/s1. The fourth-order valence-corrected chi connectivity index (χ4v) is 3.34. The van der Waals surface area contributed by atoms with Gasteiger partial charge in [0.05, 0.1) is 0 Å². The van der Waals surface area contributed by atoms with Gasteiger partial charge in [0.25, 0.3) is 5.91 Å². The molecule has 1 amide bonds. The summed E-state index contributed by atoms with van der Waals surface area (Å²) in [6.45, 7) is 0. The minimum Gasteiger partial charge on any atom is -0.480 e. The lowest BCUT2D eigenvalue weighted by Gasteiger charge is -2.16. The number of benzene rings is 2. The van der Waals surface area contributed by atoms with Crippen molar-refractivity contribution >= 4 is 23.6 Å². The number of imidazole rings is 1. The number of amides is 1. The van der Waals surface area contributed by atoms with E-state index < -0.39 is 17.9 Å². The Bertz CT molecular complexity index is 1070. The van der Waals surface area contributed by atoms with Crippen LogP contribution in [0.3, 0.4) is 0 Å². The van der Waals surface area contributed by atoms with Crippen molar-refractivity contribution in [2.75, 3.05) is 12.0 Å². The van der Waals surface area contributed by atoms with Crippen molar-refractivity contribution in [3.8, 4) is 23.0 Å². The van der Waals surface area contributed by atoms with Crippen LogP contribution in [0.15, 0.2) is 60.9 Å². The maximum atomic E-state index is 12.9. The van der Waals surface area contributed by atoms with Gasteiger partial charge in [0.15, 0.2) is 5.82 Å². The van der Waals surface area contributed by atoms with Gasteiger partial charge in [0, 0.05) is 23.5 Å². The zero-order valence-electron chi connectivity index (χ0n) is 16.4. The quantitative estimate of drug-likeness (QED) is 0.510. The number of rotatable bonds is 7. The predicted octanol–water partition coefficient (Wildman–Crippen LogP) is 3.41. The van der Waals surface area contributed by atoms with E-state index in [1.54, 1.807) is 24.5 Å². The summed E-state index contributed by atoms with van der Waals surface area (Å²) in [5, 5.41) is 12.1. The van der Waals surface area contributed by atoms with Gasteiger partial charge in [-0.3, -0.25) is 4.79 Å². The van der Waals surface area contributed by atoms with Gasteiger partial charge in [-0.25, -0.2) is 9.78 Å². The minimum atomic E-state index is -1.04. The van der Waals surface area contributed by atoms with Crippen LogP contribution in [-0.4, -0.2) is 45.0 Å². The Labute approximate surface area is 179 Å². The Balaban J connectivity index is 1.94. The maximum absolute atomic E-state index is 12.9. The highest BCUT2D eigenvalue weighted by atomic mass is 32.2. The molecule has 0 aliphatic carbocycles. The van der Waals surface area contributed by atoms with Gasteiger partial charge < -0.3 is 15.4 Å². The van der Waals surface area contributed by atoms with Crippen molar-refractivity contribution in [3.05, 3.63) is 77.9 Å². The summed E-state index contributed by atoms with van der Waals surface area (Å²) in [5.41, 5.74) is 2.66. The molecule has 3 N–H and O–H groups in total. The van der Waals surface area contributed by atoms with E-state index in [-0.39, 0.29) is 0 Å². The largest absolute Gasteiger partial charge is 0.480 e. The van der Waals surface area contributed by atoms with Gasteiger partial charge in [-0.1, -0.05) is 36.3 Å². The number of aliphatic carboxylic acids is 1. The van der Waals surface area contributed by atoms with Crippen LogP contribution < -0.4 is 5.32 Å². The number of hydrogen-bond acceptors (Lipinski definition) is 4. The molecule has 0 radical (unpaired) electrons. The fraction of sp³-hybridized carbons (Fsp3) is 0.174. The molecule has 0 spiro atoms. The molecule has 152 valence electrons. The second-order valence-electron chi connectivity index (χ2n) is 6.46. The first kappa shape index (κ1) is 21.2. The zero-order chi connectivity index (χ0) is 21.3. The molecule has 3 aromatic rings. The van der Waals surface area contributed by atoms with Gasteiger partial charge in [-0.2, -0.15) is 11.8 Å². The second-order valence-corrected chi connectivity index (χ2v) is 7.45. The fourth-order valence-electron chi connectivity index (χ4n) is 2.87. The average molecular weight is 420 g/mol. The van der Waals surface area contributed by atoms with Crippen LogP contribution in [0.2, 0.25) is 0 Å². The predicted molar refractivity (Wildman–Crippen MR) is 118 cm³/mol. The van der Waals surface area contributed by atoms with Gasteiger partial charge in [-0.15, -0.1) is 0 Å². The van der Waals surface area contributed by atoms with E-state index >= 15 is 0 Å². The lowest BCUT2D eigenvalue weighted by atomic mass is 9.96. The highest BCUT2D eigenvalue weighted by Crippen LogP contribution is 2.25. The molecule has 1 aromatic heterocycles. The first-order chi connectivity index (χ1) is 14.6. The molecule has 1 heterocycles. The molecular formula is C23H21N3O3S. The number of carboxylic acid groups (broad SMARTS) is 1. The third-order valence-electron chi connectivity index (χ3n) is 4.39. The van der Waals surface area contributed by atoms with E-state index in [9.17, 15) is 14.7 Å². The van der Waals surface area contributed by atoms with Crippen LogP contribution in [0.1, 0.15) is 28.2 Å². The first-order valence-electron chi connectivity index (χ1n) is 9.32. The second kappa shape index (κ2) is 10.3. The van der Waals surface area contributed by atoms with E-state index in [2.05, 4.69) is 27.1 Å². The van der Waals surface area contributed by atoms with Crippen molar-refractivity contribution < 1.29 is 14.7 Å². The number of H-pyrrole nitrogens is 1. The summed E-state index contributed by atoms with van der Waals surface area (Å²) in [7, 11) is 0. The number of nitrogens with one attached hydrogen (secondary N) is 2. The number of carboxylic acids is 1.